The molecule has 194 valence electrons. The van der Waals surface area contributed by atoms with Crippen molar-refractivity contribution in [2.75, 3.05) is 5.75 Å². The molecule has 2 aliphatic heterocycles. The highest BCUT2D eigenvalue weighted by Crippen LogP contribution is 2.43. The number of amides is 2. The van der Waals surface area contributed by atoms with E-state index in [1.807, 2.05) is 60.7 Å². The van der Waals surface area contributed by atoms with Gasteiger partial charge in [-0.1, -0.05) is 66.7 Å². The van der Waals surface area contributed by atoms with Gasteiger partial charge < -0.3 is 15.2 Å². The Labute approximate surface area is 221 Å². The third-order valence-corrected chi connectivity index (χ3v) is 7.55. The van der Waals surface area contributed by atoms with Crippen LogP contribution in [0.2, 0.25) is 0 Å². The van der Waals surface area contributed by atoms with Crippen LogP contribution in [0.1, 0.15) is 37.8 Å². The molecule has 1 saturated heterocycles. The number of β-lactam (4-membered cyclic amide) rings is 1. The molecule has 0 saturated carbocycles. The van der Waals surface area contributed by atoms with Gasteiger partial charge in [0.05, 0.1) is 12.5 Å². The van der Waals surface area contributed by atoms with E-state index < -0.39 is 40.9 Å². The monoisotopic (exact) mass is 520 g/mol. The van der Waals surface area contributed by atoms with E-state index in [0.29, 0.717) is 11.3 Å². The minimum absolute atomic E-state index is 0.0486. The van der Waals surface area contributed by atoms with Crippen molar-refractivity contribution >= 4 is 29.5 Å². The minimum Gasteiger partial charge on any atom is -0.455 e. The van der Waals surface area contributed by atoms with Crippen LogP contribution >= 0.6 is 11.8 Å². The zero-order valence-electron chi connectivity index (χ0n) is 21.2. The van der Waals surface area contributed by atoms with Gasteiger partial charge in [-0.2, -0.15) is 0 Å². The minimum atomic E-state index is -1.09. The third-order valence-electron chi connectivity index (χ3n) is 6.25. The van der Waals surface area contributed by atoms with Crippen LogP contribution < -0.4 is 5.32 Å². The zero-order valence-corrected chi connectivity index (χ0v) is 22.0. The zero-order chi connectivity index (χ0) is 26.7. The fourth-order valence-electron chi connectivity index (χ4n) is 4.53. The van der Waals surface area contributed by atoms with Gasteiger partial charge in [-0.3, -0.25) is 14.5 Å². The van der Waals surface area contributed by atoms with Crippen molar-refractivity contribution < 1.29 is 24.2 Å². The summed E-state index contributed by atoms with van der Waals surface area (Å²) >= 11 is 1.40. The number of hydrogen-bond donors (Lipinski definition) is 2. The summed E-state index contributed by atoms with van der Waals surface area (Å²) in [4.78, 5) is 40.7. The lowest BCUT2D eigenvalue weighted by Crippen LogP contribution is -2.71. The second-order valence-corrected chi connectivity index (χ2v) is 11.2. The van der Waals surface area contributed by atoms with Gasteiger partial charge in [-0.25, -0.2) is 4.79 Å². The maximum absolute atomic E-state index is 13.4. The summed E-state index contributed by atoms with van der Waals surface area (Å²) in [5, 5.41) is 13.8. The second-order valence-electron chi connectivity index (χ2n) is 10.1. The lowest BCUT2D eigenvalue weighted by atomic mass is 9.87. The smallest absolute Gasteiger partial charge is 0.355 e. The summed E-state index contributed by atoms with van der Waals surface area (Å²) in [6.45, 7) is 9.13. The Balaban J connectivity index is 1.61. The predicted molar refractivity (Wildman–Crippen MR) is 143 cm³/mol. The van der Waals surface area contributed by atoms with Crippen molar-refractivity contribution in [2.24, 2.45) is 0 Å². The molecule has 0 aliphatic carbocycles. The number of carbonyl (C=O) groups excluding carboxylic acids is 3. The van der Waals surface area contributed by atoms with Crippen LogP contribution in [0.5, 0.6) is 0 Å². The maximum atomic E-state index is 13.4. The molecule has 8 heteroatoms. The van der Waals surface area contributed by atoms with Crippen molar-refractivity contribution in [3.63, 3.8) is 0 Å². The van der Waals surface area contributed by atoms with E-state index in [1.165, 1.54) is 16.7 Å². The number of nitrogens with one attached hydrogen (secondary N) is 1. The first-order valence-electron chi connectivity index (χ1n) is 12.2. The van der Waals surface area contributed by atoms with E-state index >= 15 is 0 Å². The van der Waals surface area contributed by atoms with Crippen LogP contribution in [-0.2, 0) is 25.5 Å². The Morgan fingerprint density at radius 3 is 2.38 bits per heavy atom. The highest BCUT2D eigenvalue weighted by Gasteiger charge is 2.55. The average molecular weight is 521 g/mol. The molecule has 37 heavy (non-hydrogen) atoms. The number of hydrogen-bond acceptors (Lipinski definition) is 6. The van der Waals surface area contributed by atoms with Gasteiger partial charge in [0.15, 0.2) is 0 Å². The summed E-state index contributed by atoms with van der Waals surface area (Å²) in [7, 11) is 0. The number of aliphatic hydroxyl groups excluding tert-OH is 1. The summed E-state index contributed by atoms with van der Waals surface area (Å²) in [6.07, 6.45) is 0.704. The Bertz CT molecular complexity index is 1210. The molecular weight excluding hydrogens is 488 g/mol. The number of nitrogens with zero attached hydrogens (tertiary/aromatic N) is 1. The maximum Gasteiger partial charge on any atom is 0.355 e. The van der Waals surface area contributed by atoms with Gasteiger partial charge in [-0.15, -0.1) is 18.3 Å². The highest BCUT2D eigenvalue weighted by molar-refractivity contribution is 8.00. The van der Waals surface area contributed by atoms with Crippen LogP contribution in [-0.4, -0.2) is 56.7 Å². The summed E-state index contributed by atoms with van der Waals surface area (Å²) < 4.78 is 5.65. The van der Waals surface area contributed by atoms with E-state index in [1.54, 1.807) is 26.8 Å². The number of aliphatic hydroxyl groups is 1. The van der Waals surface area contributed by atoms with Gasteiger partial charge in [0, 0.05) is 17.2 Å². The molecule has 7 nitrogen and oxygen atoms in total. The highest BCUT2D eigenvalue weighted by atomic mass is 32.2. The van der Waals surface area contributed by atoms with Crippen LogP contribution in [0.4, 0.5) is 0 Å². The lowest BCUT2D eigenvalue weighted by molar-refractivity contribution is -0.159. The molecule has 2 amide bonds. The van der Waals surface area contributed by atoms with E-state index in [0.717, 1.165) is 11.1 Å². The van der Waals surface area contributed by atoms with E-state index in [2.05, 4.69) is 11.9 Å². The van der Waals surface area contributed by atoms with Crippen molar-refractivity contribution in [3.05, 3.63) is 95.7 Å². The fraction of sp³-hybridized carbons (Fsp3) is 0.345. The number of esters is 1. The second kappa shape index (κ2) is 10.9. The Morgan fingerprint density at radius 1 is 1.16 bits per heavy atom. The number of carbonyl (C=O) groups is 3. The van der Waals surface area contributed by atoms with Gasteiger partial charge >= 0.3 is 5.97 Å². The van der Waals surface area contributed by atoms with Gasteiger partial charge in [0.25, 0.3) is 5.91 Å². The molecule has 2 aliphatic rings. The summed E-state index contributed by atoms with van der Waals surface area (Å²) in [5.74, 6) is -1.53. The third kappa shape index (κ3) is 5.81. The van der Waals surface area contributed by atoms with Gasteiger partial charge in [0.2, 0.25) is 5.91 Å². The van der Waals surface area contributed by atoms with Gasteiger partial charge in [0.1, 0.15) is 22.7 Å². The van der Waals surface area contributed by atoms with Crippen molar-refractivity contribution in [3.8, 4) is 0 Å². The molecule has 0 spiro atoms. The number of benzene rings is 2. The molecule has 2 heterocycles. The van der Waals surface area contributed by atoms with Crippen LogP contribution in [0.3, 0.4) is 0 Å². The predicted octanol–water partition coefficient (Wildman–Crippen LogP) is 3.56. The lowest BCUT2D eigenvalue weighted by Gasteiger charge is -2.50. The molecule has 4 rings (SSSR count). The molecule has 4 atom stereocenters. The fourth-order valence-corrected chi connectivity index (χ4v) is 5.92. The Kier molecular flexibility index (Phi) is 7.90. The van der Waals surface area contributed by atoms with Crippen molar-refractivity contribution in [1.82, 2.24) is 10.2 Å². The number of fused-ring (bicyclic) bond motifs is 1. The van der Waals surface area contributed by atoms with Crippen molar-refractivity contribution in [1.29, 1.82) is 0 Å². The topological polar surface area (TPSA) is 95.9 Å². The molecule has 0 bridgehead atoms. The first kappa shape index (κ1) is 26.7. The molecule has 1 fully saturated rings. The Morgan fingerprint density at radius 2 is 1.78 bits per heavy atom. The quantitative estimate of drug-likeness (QED) is 0.314. The molecule has 2 N–H and O–H groups in total. The molecule has 0 unspecified atom stereocenters. The average Bonchev–Trinajstić information content (AvgIpc) is 2.87. The van der Waals surface area contributed by atoms with Crippen molar-refractivity contribution in [2.45, 2.75) is 56.2 Å². The first-order chi connectivity index (χ1) is 17.6. The number of rotatable bonds is 8. The number of ether oxygens (including phenoxy) is 1. The molecule has 0 radical (unpaired) electrons. The Hall–Kier alpha value is -3.36. The SMILES string of the molecule is C=C[C@H](c1ccccc1)[C@H](O)C1=C(C(=O)OC(C)(C)C)N2C(=O)[C@@H](NC(=O)Cc3ccccc3)[C@H]2SC1. The first-order valence-corrected chi connectivity index (χ1v) is 13.3. The molecule has 2 aromatic carbocycles. The summed E-state index contributed by atoms with van der Waals surface area (Å²) in [5.41, 5.74) is 1.35. The van der Waals surface area contributed by atoms with Crippen LogP contribution in [0.15, 0.2) is 84.6 Å². The standard InChI is InChI=1S/C29H32N2O5S/c1-5-20(19-14-10-7-11-15-19)25(33)21-17-37-27-23(30-22(32)16-18-12-8-6-9-13-18)26(34)31(27)24(21)28(35)36-29(2,3)4/h5-15,20,23,25,27,33H,1,16-17H2,2-4H3,(H,30,32)/t20-,23-,25+,27-/m1/s1. The number of thioether (sulfide) groups is 1. The van der Waals surface area contributed by atoms with E-state index in [4.69, 9.17) is 4.74 Å². The van der Waals surface area contributed by atoms with E-state index in [-0.39, 0.29) is 18.0 Å². The van der Waals surface area contributed by atoms with Crippen LogP contribution in [0, 0.1) is 0 Å². The van der Waals surface area contributed by atoms with Crippen LogP contribution in [0.25, 0.3) is 0 Å². The molecular formula is C29H32N2O5S. The van der Waals surface area contributed by atoms with E-state index in [9.17, 15) is 19.5 Å². The normalized spacial score (nSPS) is 20.9. The molecule has 0 aromatic heterocycles. The largest absolute Gasteiger partial charge is 0.455 e. The summed E-state index contributed by atoms with van der Waals surface area (Å²) in [6, 6.07) is 17.9. The molecule has 2 aromatic rings. The van der Waals surface area contributed by atoms with Gasteiger partial charge in [-0.05, 0) is 31.9 Å².